The zero-order valence-corrected chi connectivity index (χ0v) is 11.6. The number of aliphatic hydroxyl groups is 4. The molecule has 1 aliphatic rings. The second kappa shape index (κ2) is 6.17. The summed E-state index contributed by atoms with van der Waals surface area (Å²) in [5.74, 6) is 0. The lowest BCUT2D eigenvalue weighted by molar-refractivity contribution is -0.221. The monoisotopic (exact) mass is 333 g/mol. The molecule has 1 saturated heterocycles. The Kier molecular flexibility index (Phi) is 4.77. The van der Waals surface area contributed by atoms with E-state index in [2.05, 4.69) is 21.2 Å². The van der Waals surface area contributed by atoms with Crippen LogP contribution in [0.5, 0.6) is 0 Å². The van der Waals surface area contributed by atoms with Crippen molar-refractivity contribution in [1.29, 1.82) is 0 Å². The molecule has 5 atom stereocenters. The lowest BCUT2D eigenvalue weighted by Gasteiger charge is -2.40. The Bertz CT molecular complexity index is 413. The number of ether oxygens (including phenoxy) is 1. The zero-order chi connectivity index (χ0) is 14.0. The van der Waals surface area contributed by atoms with Gasteiger partial charge in [-0.2, -0.15) is 0 Å². The number of aliphatic hydroxyl groups excluding tert-OH is 4. The molecule has 1 aliphatic heterocycles. The van der Waals surface area contributed by atoms with Crippen LogP contribution >= 0.6 is 15.9 Å². The summed E-state index contributed by atoms with van der Waals surface area (Å²) < 4.78 is 6.24. The molecule has 7 heteroatoms. The molecule has 0 amide bonds. The third-order valence-corrected chi connectivity index (χ3v) is 3.57. The predicted octanol–water partition coefficient (Wildman–Crippen LogP) is -0.339. The Balaban J connectivity index is 2.08. The van der Waals surface area contributed by atoms with Crippen molar-refractivity contribution in [3.05, 3.63) is 28.7 Å². The molecule has 106 valence electrons. The zero-order valence-electron chi connectivity index (χ0n) is 9.98. The molecular weight excluding hydrogens is 318 g/mol. The van der Waals surface area contributed by atoms with Crippen molar-refractivity contribution < 1.29 is 25.2 Å². The summed E-state index contributed by atoms with van der Waals surface area (Å²) in [6.07, 6.45) is -5.83. The smallest absolute Gasteiger partial charge is 0.157 e. The van der Waals surface area contributed by atoms with Crippen molar-refractivity contribution >= 4 is 21.6 Å². The van der Waals surface area contributed by atoms with Gasteiger partial charge in [-0.3, -0.25) is 0 Å². The molecule has 6 nitrogen and oxygen atoms in total. The Morgan fingerprint density at radius 3 is 2.26 bits per heavy atom. The van der Waals surface area contributed by atoms with Gasteiger partial charge in [0.2, 0.25) is 0 Å². The topological polar surface area (TPSA) is 102 Å². The number of anilines is 1. The van der Waals surface area contributed by atoms with Gasteiger partial charge < -0.3 is 30.5 Å². The van der Waals surface area contributed by atoms with Gasteiger partial charge in [0.05, 0.1) is 6.61 Å². The Morgan fingerprint density at radius 1 is 1.05 bits per heavy atom. The Labute approximate surface area is 118 Å². The molecular formula is C12H16BrNO5. The number of benzene rings is 1. The van der Waals surface area contributed by atoms with Crippen molar-refractivity contribution in [2.45, 2.75) is 30.6 Å². The molecule has 19 heavy (non-hydrogen) atoms. The quantitative estimate of drug-likeness (QED) is 0.518. The predicted molar refractivity (Wildman–Crippen MR) is 71.5 cm³/mol. The SMILES string of the molecule is OC[C@@H]1O[C@H](Nc2ccc(Br)cc2)[C@@H](O)[C@H](O)[C@@H]1O. The van der Waals surface area contributed by atoms with Gasteiger partial charge >= 0.3 is 0 Å². The van der Waals surface area contributed by atoms with Crippen LogP contribution in [0, 0.1) is 0 Å². The molecule has 0 spiro atoms. The van der Waals surface area contributed by atoms with Crippen LogP contribution in [0.15, 0.2) is 28.7 Å². The van der Waals surface area contributed by atoms with E-state index in [1.165, 1.54) is 0 Å². The van der Waals surface area contributed by atoms with Crippen LogP contribution in [0.4, 0.5) is 5.69 Å². The minimum atomic E-state index is -1.38. The average molecular weight is 334 g/mol. The summed E-state index contributed by atoms with van der Waals surface area (Å²) >= 11 is 3.31. The van der Waals surface area contributed by atoms with E-state index >= 15 is 0 Å². The minimum Gasteiger partial charge on any atom is -0.394 e. The lowest BCUT2D eigenvalue weighted by atomic mass is 9.98. The molecule has 0 radical (unpaired) electrons. The highest BCUT2D eigenvalue weighted by Crippen LogP contribution is 2.23. The van der Waals surface area contributed by atoms with Gasteiger partial charge in [0.15, 0.2) is 6.23 Å². The van der Waals surface area contributed by atoms with Crippen molar-refractivity contribution in [3.63, 3.8) is 0 Å². The molecule has 0 aromatic heterocycles. The first kappa shape index (κ1) is 14.7. The summed E-state index contributed by atoms with van der Waals surface area (Å²) in [4.78, 5) is 0. The van der Waals surface area contributed by atoms with E-state index in [1.54, 1.807) is 12.1 Å². The van der Waals surface area contributed by atoms with Crippen LogP contribution in [-0.2, 0) is 4.74 Å². The summed E-state index contributed by atoms with van der Waals surface area (Å²) in [5, 5.41) is 41.1. The van der Waals surface area contributed by atoms with E-state index < -0.39 is 37.3 Å². The van der Waals surface area contributed by atoms with Gasteiger partial charge in [-0.05, 0) is 24.3 Å². The van der Waals surface area contributed by atoms with Gasteiger partial charge in [0, 0.05) is 10.2 Å². The van der Waals surface area contributed by atoms with E-state index in [0.717, 1.165) is 4.47 Å². The number of hydrogen-bond donors (Lipinski definition) is 5. The molecule has 1 heterocycles. The molecule has 0 unspecified atom stereocenters. The standard InChI is InChI=1S/C12H16BrNO5/c13-6-1-3-7(4-2-6)14-12-11(18)10(17)9(16)8(5-15)19-12/h1-4,8-12,14-18H,5H2/t8-,9+,10+,11-,12-/m0/s1. The highest BCUT2D eigenvalue weighted by molar-refractivity contribution is 9.10. The van der Waals surface area contributed by atoms with Crippen LogP contribution in [0.2, 0.25) is 0 Å². The number of hydrogen-bond acceptors (Lipinski definition) is 6. The fraction of sp³-hybridized carbons (Fsp3) is 0.500. The first-order valence-electron chi connectivity index (χ1n) is 5.85. The molecule has 1 aromatic carbocycles. The fourth-order valence-electron chi connectivity index (χ4n) is 1.93. The lowest BCUT2D eigenvalue weighted by Crippen LogP contribution is -2.60. The minimum absolute atomic E-state index is 0.441. The van der Waals surface area contributed by atoms with E-state index in [4.69, 9.17) is 9.84 Å². The van der Waals surface area contributed by atoms with Gasteiger partial charge in [-0.25, -0.2) is 0 Å². The number of nitrogens with one attached hydrogen (secondary N) is 1. The molecule has 1 aromatic rings. The first-order valence-corrected chi connectivity index (χ1v) is 6.65. The van der Waals surface area contributed by atoms with Crippen molar-refractivity contribution in [1.82, 2.24) is 0 Å². The van der Waals surface area contributed by atoms with Crippen molar-refractivity contribution in [3.8, 4) is 0 Å². The average Bonchev–Trinajstić information content (AvgIpc) is 2.42. The van der Waals surface area contributed by atoms with Crippen LogP contribution < -0.4 is 5.32 Å². The van der Waals surface area contributed by atoms with Gasteiger partial charge in [0.1, 0.15) is 24.4 Å². The van der Waals surface area contributed by atoms with Crippen LogP contribution in [0.25, 0.3) is 0 Å². The maximum atomic E-state index is 9.85. The first-order chi connectivity index (χ1) is 9.02. The molecule has 0 bridgehead atoms. The van der Waals surface area contributed by atoms with Crippen LogP contribution in [0.3, 0.4) is 0 Å². The number of halogens is 1. The maximum Gasteiger partial charge on any atom is 0.157 e. The largest absolute Gasteiger partial charge is 0.394 e. The van der Waals surface area contributed by atoms with E-state index in [0.29, 0.717) is 5.69 Å². The summed E-state index contributed by atoms with van der Waals surface area (Å²) in [7, 11) is 0. The Hall–Kier alpha value is -0.700. The molecule has 0 aliphatic carbocycles. The van der Waals surface area contributed by atoms with E-state index in [1.807, 2.05) is 12.1 Å². The van der Waals surface area contributed by atoms with Crippen molar-refractivity contribution in [2.24, 2.45) is 0 Å². The van der Waals surface area contributed by atoms with Gasteiger partial charge in [0.25, 0.3) is 0 Å². The second-order valence-electron chi connectivity index (χ2n) is 4.40. The van der Waals surface area contributed by atoms with Gasteiger partial charge in [-0.15, -0.1) is 0 Å². The van der Waals surface area contributed by atoms with E-state index in [9.17, 15) is 15.3 Å². The highest BCUT2D eigenvalue weighted by Gasteiger charge is 2.43. The normalized spacial score (nSPS) is 35.1. The molecule has 1 fully saturated rings. The maximum absolute atomic E-state index is 9.85. The highest BCUT2D eigenvalue weighted by atomic mass is 79.9. The third kappa shape index (κ3) is 3.25. The van der Waals surface area contributed by atoms with Crippen LogP contribution in [-0.4, -0.2) is 57.7 Å². The Morgan fingerprint density at radius 2 is 1.68 bits per heavy atom. The molecule has 5 N–H and O–H groups in total. The van der Waals surface area contributed by atoms with Gasteiger partial charge in [-0.1, -0.05) is 15.9 Å². The van der Waals surface area contributed by atoms with Crippen molar-refractivity contribution in [2.75, 3.05) is 11.9 Å². The third-order valence-electron chi connectivity index (χ3n) is 3.05. The van der Waals surface area contributed by atoms with E-state index in [-0.39, 0.29) is 0 Å². The fourth-order valence-corrected chi connectivity index (χ4v) is 2.20. The second-order valence-corrected chi connectivity index (χ2v) is 5.32. The molecule has 2 rings (SSSR count). The number of rotatable bonds is 3. The summed E-state index contributed by atoms with van der Waals surface area (Å²) in [6, 6.07) is 7.16. The summed E-state index contributed by atoms with van der Waals surface area (Å²) in [6.45, 7) is -0.441. The van der Waals surface area contributed by atoms with Crippen LogP contribution in [0.1, 0.15) is 0 Å². The molecule has 0 saturated carbocycles. The summed E-state index contributed by atoms with van der Waals surface area (Å²) in [5.41, 5.74) is 0.688.